The van der Waals surface area contributed by atoms with Crippen LogP contribution < -0.4 is 5.32 Å². The van der Waals surface area contributed by atoms with Gasteiger partial charge < -0.3 is 5.32 Å². The number of carbonyl (C=O) groups is 1. The summed E-state index contributed by atoms with van der Waals surface area (Å²) in [5.41, 5.74) is 1.34. The van der Waals surface area contributed by atoms with Gasteiger partial charge in [-0.05, 0) is 74.9 Å². The zero-order valence-electron chi connectivity index (χ0n) is 9.08. The van der Waals surface area contributed by atoms with Gasteiger partial charge in [-0.1, -0.05) is 17.7 Å². The van der Waals surface area contributed by atoms with E-state index in [-0.39, 0.29) is 5.91 Å². The zero-order chi connectivity index (χ0) is 13.1. The molecule has 18 heavy (non-hydrogen) atoms. The Balaban J connectivity index is 2.18. The third kappa shape index (κ3) is 3.46. The summed E-state index contributed by atoms with van der Waals surface area (Å²) in [6, 6.07) is 12.7. The number of hydrogen-bond donors (Lipinski definition) is 1. The van der Waals surface area contributed by atoms with E-state index >= 15 is 0 Å². The molecule has 0 spiro atoms. The van der Waals surface area contributed by atoms with E-state index in [0.717, 1.165) is 8.04 Å². The third-order valence-corrected chi connectivity index (χ3v) is 4.15. The van der Waals surface area contributed by atoms with Crippen molar-refractivity contribution in [1.82, 2.24) is 0 Å². The summed E-state index contributed by atoms with van der Waals surface area (Å²) >= 11 is 11.4. The van der Waals surface area contributed by atoms with Gasteiger partial charge in [-0.25, -0.2) is 0 Å². The Hall–Kier alpha value is -0.590. The lowest BCUT2D eigenvalue weighted by atomic mass is 10.2. The van der Waals surface area contributed by atoms with Crippen molar-refractivity contribution in [2.45, 2.75) is 0 Å². The van der Waals surface area contributed by atoms with Gasteiger partial charge in [0, 0.05) is 19.3 Å². The number of anilines is 1. The van der Waals surface area contributed by atoms with Crippen molar-refractivity contribution in [3.05, 3.63) is 61.1 Å². The number of carbonyl (C=O) groups excluding carboxylic acids is 1. The van der Waals surface area contributed by atoms with Crippen LogP contribution in [0.3, 0.4) is 0 Å². The van der Waals surface area contributed by atoms with Crippen LogP contribution in [-0.4, -0.2) is 5.91 Å². The molecule has 0 bridgehead atoms. The first-order chi connectivity index (χ1) is 8.56. The van der Waals surface area contributed by atoms with Crippen LogP contribution in [0.4, 0.5) is 5.69 Å². The monoisotopic (exact) mass is 435 g/mol. The van der Waals surface area contributed by atoms with Crippen LogP contribution in [0.1, 0.15) is 10.4 Å². The zero-order valence-corrected chi connectivity index (χ0v) is 13.6. The molecular weight excluding hydrogens is 428 g/mol. The molecule has 2 rings (SSSR count). The molecule has 1 N–H and O–H groups in total. The van der Waals surface area contributed by atoms with Gasteiger partial charge >= 0.3 is 0 Å². The van der Waals surface area contributed by atoms with Crippen molar-refractivity contribution in [3.8, 4) is 0 Å². The first-order valence-corrected chi connectivity index (χ1v) is 7.33. The number of halogens is 3. The Kier molecular flexibility index (Phi) is 4.64. The maximum atomic E-state index is 12.0. The topological polar surface area (TPSA) is 29.1 Å². The van der Waals surface area contributed by atoms with Gasteiger partial charge in [0.1, 0.15) is 0 Å². The molecule has 0 saturated carbocycles. The van der Waals surface area contributed by atoms with Crippen LogP contribution in [0.25, 0.3) is 0 Å². The van der Waals surface area contributed by atoms with Crippen LogP contribution in [-0.2, 0) is 0 Å². The van der Waals surface area contributed by atoms with Crippen LogP contribution in [0.5, 0.6) is 0 Å². The first-order valence-electron chi connectivity index (χ1n) is 5.08. The summed E-state index contributed by atoms with van der Waals surface area (Å²) in [5.74, 6) is -0.136. The van der Waals surface area contributed by atoms with E-state index in [1.165, 1.54) is 0 Å². The standard InChI is InChI=1S/C13H8BrClINO/c14-11-7-10(4-5-12(11)15)17-13(18)8-2-1-3-9(16)6-8/h1-7H,(H,17,18). The molecule has 0 radical (unpaired) electrons. The molecular formula is C13H8BrClINO. The Morgan fingerprint density at radius 3 is 2.67 bits per heavy atom. The number of amides is 1. The molecule has 92 valence electrons. The minimum Gasteiger partial charge on any atom is -0.322 e. The quantitative estimate of drug-likeness (QED) is 0.663. The van der Waals surface area contributed by atoms with Crippen LogP contribution >= 0.6 is 50.1 Å². The Morgan fingerprint density at radius 1 is 1.22 bits per heavy atom. The van der Waals surface area contributed by atoms with Gasteiger partial charge in [0.2, 0.25) is 0 Å². The Bertz CT molecular complexity index is 603. The second kappa shape index (κ2) is 6.04. The van der Waals surface area contributed by atoms with Crippen molar-refractivity contribution < 1.29 is 4.79 Å². The summed E-state index contributed by atoms with van der Waals surface area (Å²) in [6.45, 7) is 0. The fraction of sp³-hybridized carbons (Fsp3) is 0. The smallest absolute Gasteiger partial charge is 0.255 e. The average Bonchev–Trinajstić information content (AvgIpc) is 2.34. The van der Waals surface area contributed by atoms with Crippen molar-refractivity contribution in [3.63, 3.8) is 0 Å². The van der Waals surface area contributed by atoms with Crippen LogP contribution in [0, 0.1) is 3.57 Å². The highest BCUT2D eigenvalue weighted by Crippen LogP contribution is 2.25. The Labute approximate surface area is 132 Å². The van der Waals surface area contributed by atoms with Crippen molar-refractivity contribution in [1.29, 1.82) is 0 Å². The highest BCUT2D eigenvalue weighted by molar-refractivity contribution is 14.1. The van der Waals surface area contributed by atoms with E-state index in [1.54, 1.807) is 24.3 Å². The van der Waals surface area contributed by atoms with Crippen LogP contribution in [0.2, 0.25) is 5.02 Å². The molecule has 0 aliphatic heterocycles. The summed E-state index contributed by atoms with van der Waals surface area (Å²) in [6.07, 6.45) is 0. The van der Waals surface area contributed by atoms with E-state index in [1.807, 2.05) is 18.2 Å². The fourth-order valence-corrected chi connectivity index (χ4v) is 2.45. The van der Waals surface area contributed by atoms with E-state index in [2.05, 4.69) is 43.8 Å². The maximum absolute atomic E-state index is 12.0. The SMILES string of the molecule is O=C(Nc1ccc(Cl)c(Br)c1)c1cccc(I)c1. The molecule has 2 nitrogen and oxygen atoms in total. The largest absolute Gasteiger partial charge is 0.322 e. The average molecular weight is 436 g/mol. The lowest BCUT2D eigenvalue weighted by Crippen LogP contribution is -2.11. The summed E-state index contributed by atoms with van der Waals surface area (Å²) < 4.78 is 1.78. The maximum Gasteiger partial charge on any atom is 0.255 e. The Morgan fingerprint density at radius 2 is 2.00 bits per heavy atom. The van der Waals surface area contributed by atoms with E-state index in [9.17, 15) is 4.79 Å². The molecule has 1 amide bonds. The lowest BCUT2D eigenvalue weighted by Gasteiger charge is -2.06. The molecule has 0 aliphatic rings. The lowest BCUT2D eigenvalue weighted by molar-refractivity contribution is 0.102. The van der Waals surface area contributed by atoms with Crippen molar-refractivity contribution in [2.24, 2.45) is 0 Å². The second-order valence-corrected chi connectivity index (χ2v) is 6.10. The molecule has 0 saturated heterocycles. The summed E-state index contributed by atoms with van der Waals surface area (Å²) in [4.78, 5) is 12.0. The highest BCUT2D eigenvalue weighted by Gasteiger charge is 2.07. The summed E-state index contributed by atoms with van der Waals surface area (Å²) in [5, 5.41) is 3.44. The van der Waals surface area contributed by atoms with Crippen molar-refractivity contribution in [2.75, 3.05) is 5.32 Å². The van der Waals surface area contributed by atoms with Gasteiger partial charge in [0.15, 0.2) is 0 Å². The number of rotatable bonds is 2. The van der Waals surface area contributed by atoms with Crippen LogP contribution in [0.15, 0.2) is 46.9 Å². The third-order valence-electron chi connectivity index (χ3n) is 2.26. The minimum absolute atomic E-state index is 0.136. The second-order valence-electron chi connectivity index (χ2n) is 3.59. The van der Waals surface area contributed by atoms with Gasteiger partial charge in [-0.3, -0.25) is 4.79 Å². The van der Waals surface area contributed by atoms with E-state index < -0.39 is 0 Å². The predicted molar refractivity (Wildman–Crippen MR) is 86.3 cm³/mol. The van der Waals surface area contributed by atoms with E-state index in [0.29, 0.717) is 16.3 Å². The van der Waals surface area contributed by atoms with Crippen molar-refractivity contribution >= 4 is 61.7 Å². The molecule has 0 aliphatic carbocycles. The first kappa shape index (κ1) is 13.8. The fourth-order valence-electron chi connectivity index (χ4n) is 1.41. The summed E-state index contributed by atoms with van der Waals surface area (Å²) in [7, 11) is 0. The normalized spacial score (nSPS) is 10.2. The molecule has 0 aromatic heterocycles. The van der Waals surface area contributed by atoms with Gasteiger partial charge in [-0.15, -0.1) is 0 Å². The molecule has 0 unspecified atom stereocenters. The molecule has 0 atom stereocenters. The van der Waals surface area contributed by atoms with Gasteiger partial charge in [-0.2, -0.15) is 0 Å². The number of hydrogen-bond acceptors (Lipinski definition) is 1. The van der Waals surface area contributed by atoms with Gasteiger partial charge in [0.25, 0.3) is 5.91 Å². The molecule has 2 aromatic rings. The molecule has 2 aromatic carbocycles. The predicted octanol–water partition coefficient (Wildman–Crippen LogP) is 4.96. The van der Waals surface area contributed by atoms with Gasteiger partial charge in [0.05, 0.1) is 5.02 Å². The molecule has 5 heteroatoms. The number of benzene rings is 2. The highest BCUT2D eigenvalue weighted by atomic mass is 127. The minimum atomic E-state index is -0.136. The molecule has 0 heterocycles. The van der Waals surface area contributed by atoms with E-state index in [4.69, 9.17) is 11.6 Å². The molecule has 0 fully saturated rings. The number of nitrogens with one attached hydrogen (secondary N) is 1.